The fourth-order valence-electron chi connectivity index (χ4n) is 1.19. The van der Waals surface area contributed by atoms with E-state index < -0.39 is 6.04 Å². The van der Waals surface area contributed by atoms with Crippen molar-refractivity contribution in [3.63, 3.8) is 0 Å². The summed E-state index contributed by atoms with van der Waals surface area (Å²) in [6.07, 6.45) is 4.07. The van der Waals surface area contributed by atoms with Crippen molar-refractivity contribution in [2.75, 3.05) is 12.0 Å². The Morgan fingerprint density at radius 2 is 2.50 bits per heavy atom. The quantitative estimate of drug-likeness (QED) is 0.656. The lowest BCUT2D eigenvalue weighted by Crippen LogP contribution is -2.42. The van der Waals surface area contributed by atoms with Crippen LogP contribution in [0.15, 0.2) is 6.33 Å². The second-order valence-electron chi connectivity index (χ2n) is 3.49. The molecule has 1 unspecified atom stereocenters. The molecule has 90 valence electrons. The minimum Gasteiger partial charge on any atom is -0.345 e. The topological polar surface area (TPSA) is 96.7 Å². The Bertz CT molecular complexity index is 316. The molecule has 2 atom stereocenters. The maximum atomic E-state index is 11.6. The highest BCUT2D eigenvalue weighted by Gasteiger charge is 2.17. The van der Waals surface area contributed by atoms with Crippen molar-refractivity contribution >= 4 is 17.7 Å². The van der Waals surface area contributed by atoms with Crippen molar-refractivity contribution in [3.8, 4) is 0 Å². The van der Waals surface area contributed by atoms with Gasteiger partial charge in [0.2, 0.25) is 5.91 Å². The third kappa shape index (κ3) is 3.82. The van der Waals surface area contributed by atoms with Crippen molar-refractivity contribution in [2.24, 2.45) is 5.73 Å². The van der Waals surface area contributed by atoms with E-state index in [0.29, 0.717) is 12.2 Å². The highest BCUT2D eigenvalue weighted by molar-refractivity contribution is 7.98. The SMILES string of the molecule is CSCC[C@@H](N)C(=O)NC(C)c1ncn[nH]1. The molecule has 0 saturated carbocycles. The molecule has 0 aromatic carbocycles. The van der Waals surface area contributed by atoms with Gasteiger partial charge in [0, 0.05) is 0 Å². The van der Waals surface area contributed by atoms with Gasteiger partial charge in [-0.1, -0.05) is 0 Å². The number of aromatic nitrogens is 3. The van der Waals surface area contributed by atoms with Gasteiger partial charge in [-0.2, -0.15) is 16.9 Å². The van der Waals surface area contributed by atoms with E-state index in [1.807, 2.05) is 13.2 Å². The van der Waals surface area contributed by atoms with Gasteiger partial charge in [-0.3, -0.25) is 9.89 Å². The predicted molar refractivity (Wildman–Crippen MR) is 63.9 cm³/mol. The smallest absolute Gasteiger partial charge is 0.237 e. The van der Waals surface area contributed by atoms with Crippen molar-refractivity contribution in [1.82, 2.24) is 20.5 Å². The summed E-state index contributed by atoms with van der Waals surface area (Å²) in [5, 5.41) is 9.21. The first-order valence-corrected chi connectivity index (χ1v) is 6.44. The fraction of sp³-hybridized carbons (Fsp3) is 0.667. The summed E-state index contributed by atoms with van der Waals surface area (Å²) < 4.78 is 0. The molecule has 0 aliphatic rings. The van der Waals surface area contributed by atoms with Crippen molar-refractivity contribution < 1.29 is 4.79 Å². The van der Waals surface area contributed by atoms with Gasteiger partial charge in [0.1, 0.15) is 12.2 Å². The molecule has 1 heterocycles. The average Bonchev–Trinajstić information content (AvgIpc) is 2.79. The van der Waals surface area contributed by atoms with E-state index in [1.54, 1.807) is 11.8 Å². The van der Waals surface area contributed by atoms with E-state index in [0.717, 1.165) is 5.75 Å². The second kappa shape index (κ2) is 6.49. The summed E-state index contributed by atoms with van der Waals surface area (Å²) in [5.41, 5.74) is 5.73. The van der Waals surface area contributed by atoms with E-state index in [2.05, 4.69) is 20.5 Å². The Hall–Kier alpha value is -1.08. The third-order valence-electron chi connectivity index (χ3n) is 2.17. The third-order valence-corrected chi connectivity index (χ3v) is 2.82. The van der Waals surface area contributed by atoms with Gasteiger partial charge in [-0.25, -0.2) is 4.98 Å². The number of thioether (sulfide) groups is 1. The molecular weight excluding hydrogens is 226 g/mol. The van der Waals surface area contributed by atoms with Gasteiger partial charge >= 0.3 is 0 Å². The highest BCUT2D eigenvalue weighted by Crippen LogP contribution is 2.05. The monoisotopic (exact) mass is 243 g/mol. The van der Waals surface area contributed by atoms with Gasteiger partial charge in [-0.15, -0.1) is 0 Å². The fourth-order valence-corrected chi connectivity index (χ4v) is 1.68. The molecule has 4 N–H and O–H groups in total. The van der Waals surface area contributed by atoms with Gasteiger partial charge in [0.05, 0.1) is 12.1 Å². The van der Waals surface area contributed by atoms with E-state index in [1.165, 1.54) is 6.33 Å². The van der Waals surface area contributed by atoms with Gasteiger partial charge < -0.3 is 11.1 Å². The van der Waals surface area contributed by atoms with Crippen LogP contribution in [0.1, 0.15) is 25.2 Å². The van der Waals surface area contributed by atoms with Crippen molar-refractivity contribution in [3.05, 3.63) is 12.2 Å². The number of hydrogen-bond donors (Lipinski definition) is 3. The molecule has 1 aromatic rings. The Labute approximate surface area is 98.8 Å². The zero-order chi connectivity index (χ0) is 12.0. The first kappa shape index (κ1) is 13.0. The maximum Gasteiger partial charge on any atom is 0.237 e. The van der Waals surface area contributed by atoms with Crippen molar-refractivity contribution in [1.29, 1.82) is 0 Å². The summed E-state index contributed by atoms with van der Waals surface area (Å²) >= 11 is 1.68. The zero-order valence-corrected chi connectivity index (χ0v) is 10.3. The lowest BCUT2D eigenvalue weighted by Gasteiger charge is -2.15. The van der Waals surface area contributed by atoms with E-state index in [9.17, 15) is 4.79 Å². The number of nitrogens with zero attached hydrogens (tertiary/aromatic N) is 2. The van der Waals surface area contributed by atoms with Crippen LogP contribution in [-0.4, -0.2) is 39.1 Å². The predicted octanol–water partition coefficient (Wildman–Crippen LogP) is 0.0623. The molecule has 0 fully saturated rings. The molecule has 1 rings (SSSR count). The summed E-state index contributed by atoms with van der Waals surface area (Å²) in [7, 11) is 0. The molecule has 0 aliphatic heterocycles. The zero-order valence-electron chi connectivity index (χ0n) is 9.43. The standard InChI is InChI=1S/C9H17N5OS/c1-6(8-11-5-12-14-8)13-9(15)7(10)3-4-16-2/h5-7H,3-4,10H2,1-2H3,(H,13,15)(H,11,12,14)/t6?,7-/m1/s1. The molecule has 0 spiro atoms. The molecular formula is C9H17N5OS. The number of carbonyl (C=O) groups is 1. The van der Waals surface area contributed by atoms with E-state index in [4.69, 9.17) is 5.73 Å². The number of hydrogen-bond acceptors (Lipinski definition) is 5. The minimum absolute atomic E-state index is 0.155. The van der Waals surface area contributed by atoms with Crippen LogP contribution in [0, 0.1) is 0 Å². The second-order valence-corrected chi connectivity index (χ2v) is 4.47. The largest absolute Gasteiger partial charge is 0.345 e. The number of nitrogens with one attached hydrogen (secondary N) is 2. The molecule has 7 heteroatoms. The number of H-pyrrole nitrogens is 1. The van der Waals surface area contributed by atoms with Crippen LogP contribution in [0.2, 0.25) is 0 Å². The average molecular weight is 243 g/mol. The molecule has 0 radical (unpaired) electrons. The highest BCUT2D eigenvalue weighted by atomic mass is 32.2. The van der Waals surface area contributed by atoms with E-state index in [-0.39, 0.29) is 11.9 Å². The van der Waals surface area contributed by atoms with Gasteiger partial charge in [0.15, 0.2) is 0 Å². The van der Waals surface area contributed by atoms with Crippen LogP contribution in [0.3, 0.4) is 0 Å². The van der Waals surface area contributed by atoms with Crippen LogP contribution in [0.25, 0.3) is 0 Å². The summed E-state index contributed by atoms with van der Waals surface area (Å²) in [6.45, 7) is 1.83. The van der Waals surface area contributed by atoms with Crippen LogP contribution in [-0.2, 0) is 4.79 Å². The van der Waals surface area contributed by atoms with Crippen LogP contribution >= 0.6 is 11.8 Å². The van der Waals surface area contributed by atoms with Crippen molar-refractivity contribution in [2.45, 2.75) is 25.4 Å². The first-order valence-electron chi connectivity index (χ1n) is 5.05. The maximum absolute atomic E-state index is 11.6. The lowest BCUT2D eigenvalue weighted by molar-refractivity contribution is -0.123. The molecule has 16 heavy (non-hydrogen) atoms. The lowest BCUT2D eigenvalue weighted by atomic mass is 10.2. The summed E-state index contributed by atoms with van der Waals surface area (Å²) in [4.78, 5) is 15.6. The Morgan fingerprint density at radius 3 is 3.06 bits per heavy atom. The number of aromatic amines is 1. The molecule has 1 amide bonds. The van der Waals surface area contributed by atoms with Crippen LogP contribution < -0.4 is 11.1 Å². The first-order chi connectivity index (χ1) is 7.65. The summed E-state index contributed by atoms with van der Waals surface area (Å²) in [6, 6.07) is -0.659. The number of rotatable bonds is 6. The molecule has 0 aliphatic carbocycles. The normalized spacial score (nSPS) is 14.4. The Morgan fingerprint density at radius 1 is 1.75 bits per heavy atom. The van der Waals surface area contributed by atoms with Crippen LogP contribution in [0.5, 0.6) is 0 Å². The molecule has 0 bridgehead atoms. The number of carbonyl (C=O) groups excluding carboxylic acids is 1. The Kier molecular flexibility index (Phi) is 5.27. The summed E-state index contributed by atoms with van der Waals surface area (Å²) in [5.74, 6) is 1.36. The van der Waals surface area contributed by atoms with Crippen LogP contribution in [0.4, 0.5) is 0 Å². The number of amides is 1. The molecule has 1 aromatic heterocycles. The van der Waals surface area contributed by atoms with Gasteiger partial charge in [-0.05, 0) is 25.4 Å². The number of nitrogens with two attached hydrogens (primary N) is 1. The van der Waals surface area contributed by atoms with Gasteiger partial charge in [0.25, 0.3) is 0 Å². The van der Waals surface area contributed by atoms with E-state index >= 15 is 0 Å². The minimum atomic E-state index is -0.460. The molecule has 0 saturated heterocycles. The molecule has 6 nitrogen and oxygen atoms in total. The Balaban J connectivity index is 2.39.